The summed E-state index contributed by atoms with van der Waals surface area (Å²) in [7, 11) is 0. The number of ether oxygens (including phenoxy) is 1. The molecule has 1 amide bonds. The van der Waals surface area contributed by atoms with Crippen LogP contribution in [0.15, 0.2) is 18.5 Å². The van der Waals surface area contributed by atoms with Crippen LogP contribution in [0.4, 0.5) is 14.9 Å². The maximum atomic E-state index is 13.8. The minimum Gasteiger partial charge on any atom is -0.444 e. The summed E-state index contributed by atoms with van der Waals surface area (Å²) >= 11 is 0. The van der Waals surface area contributed by atoms with Crippen molar-refractivity contribution in [3.05, 3.63) is 24.3 Å². The second-order valence-corrected chi connectivity index (χ2v) is 6.30. The van der Waals surface area contributed by atoms with Gasteiger partial charge >= 0.3 is 6.09 Å². The number of rotatable bonds is 1. The summed E-state index contributed by atoms with van der Waals surface area (Å²) < 4.78 is 19.2. The summed E-state index contributed by atoms with van der Waals surface area (Å²) in [5.41, 5.74) is 0.0237. The summed E-state index contributed by atoms with van der Waals surface area (Å²) in [5, 5.41) is 0. The van der Waals surface area contributed by atoms with Crippen molar-refractivity contribution < 1.29 is 13.9 Å². The zero-order chi connectivity index (χ0) is 15.6. The molecule has 1 aromatic rings. The number of pyridine rings is 1. The van der Waals surface area contributed by atoms with Crippen LogP contribution in [0.2, 0.25) is 0 Å². The van der Waals surface area contributed by atoms with Crippen LogP contribution < -0.4 is 4.90 Å². The molecule has 6 heteroatoms. The number of piperazine rings is 1. The van der Waals surface area contributed by atoms with Gasteiger partial charge in [-0.05, 0) is 33.8 Å². The lowest BCUT2D eigenvalue weighted by Crippen LogP contribution is -2.54. The highest BCUT2D eigenvalue weighted by molar-refractivity contribution is 5.68. The summed E-state index contributed by atoms with van der Waals surface area (Å²) in [6.45, 7) is 9.10. The average molecular weight is 295 g/mol. The number of nitrogens with zero attached hydrogens (tertiary/aromatic N) is 3. The van der Waals surface area contributed by atoms with Crippen LogP contribution in [0.3, 0.4) is 0 Å². The highest BCUT2D eigenvalue weighted by atomic mass is 19.1. The Balaban J connectivity index is 2.03. The Hall–Kier alpha value is -1.85. The summed E-state index contributed by atoms with van der Waals surface area (Å²) in [6.07, 6.45) is 2.47. The fourth-order valence-corrected chi connectivity index (χ4v) is 2.41. The first kappa shape index (κ1) is 15.5. The number of hydrogen-bond donors (Lipinski definition) is 0. The van der Waals surface area contributed by atoms with Crippen LogP contribution in [0.5, 0.6) is 0 Å². The van der Waals surface area contributed by atoms with Gasteiger partial charge < -0.3 is 14.5 Å². The van der Waals surface area contributed by atoms with E-state index in [1.54, 1.807) is 17.2 Å². The van der Waals surface area contributed by atoms with Crippen LogP contribution >= 0.6 is 0 Å². The van der Waals surface area contributed by atoms with Crippen LogP contribution in [-0.2, 0) is 4.74 Å². The molecule has 5 nitrogen and oxygen atoms in total. The summed E-state index contributed by atoms with van der Waals surface area (Å²) in [6, 6.07) is 1.68. The largest absolute Gasteiger partial charge is 0.444 e. The molecule has 1 atom stereocenters. The van der Waals surface area contributed by atoms with Crippen LogP contribution in [-0.4, -0.2) is 47.3 Å². The molecule has 0 unspecified atom stereocenters. The van der Waals surface area contributed by atoms with Gasteiger partial charge in [0.1, 0.15) is 5.60 Å². The number of aromatic nitrogens is 1. The van der Waals surface area contributed by atoms with Gasteiger partial charge in [0.2, 0.25) is 0 Å². The third-order valence-corrected chi connectivity index (χ3v) is 3.34. The Kier molecular flexibility index (Phi) is 4.34. The fraction of sp³-hybridized carbons (Fsp3) is 0.600. The monoisotopic (exact) mass is 295 g/mol. The molecule has 1 aliphatic rings. The van der Waals surface area contributed by atoms with Crippen molar-refractivity contribution in [2.75, 3.05) is 24.5 Å². The van der Waals surface area contributed by atoms with Crippen molar-refractivity contribution in [1.29, 1.82) is 0 Å². The first-order chi connectivity index (χ1) is 9.78. The van der Waals surface area contributed by atoms with Gasteiger partial charge in [-0.2, -0.15) is 0 Å². The SMILES string of the molecule is C[C@H]1CN(C(=O)OC(C)(C)C)CCN1c1ccncc1F. The molecule has 0 saturated carbocycles. The van der Waals surface area contributed by atoms with Gasteiger partial charge in [0.15, 0.2) is 5.82 Å². The summed E-state index contributed by atoms with van der Waals surface area (Å²) in [5.74, 6) is -0.338. The molecule has 0 aliphatic carbocycles. The predicted molar refractivity (Wildman–Crippen MR) is 78.8 cm³/mol. The Labute approximate surface area is 124 Å². The van der Waals surface area contributed by atoms with E-state index < -0.39 is 5.60 Å². The normalized spacial score (nSPS) is 19.6. The molecule has 2 rings (SSSR count). The van der Waals surface area contributed by atoms with Gasteiger partial charge in [0, 0.05) is 31.9 Å². The van der Waals surface area contributed by atoms with E-state index in [1.807, 2.05) is 32.6 Å². The van der Waals surface area contributed by atoms with E-state index in [2.05, 4.69) is 4.98 Å². The van der Waals surface area contributed by atoms with Gasteiger partial charge in [0.25, 0.3) is 0 Å². The van der Waals surface area contributed by atoms with E-state index in [0.717, 1.165) is 0 Å². The molecule has 1 saturated heterocycles. The number of anilines is 1. The Morgan fingerprint density at radius 2 is 2.14 bits per heavy atom. The van der Waals surface area contributed by atoms with E-state index in [-0.39, 0.29) is 18.0 Å². The van der Waals surface area contributed by atoms with E-state index in [9.17, 15) is 9.18 Å². The Morgan fingerprint density at radius 3 is 2.71 bits per heavy atom. The molecular formula is C15H22FN3O2. The fourth-order valence-electron chi connectivity index (χ4n) is 2.41. The topological polar surface area (TPSA) is 45.7 Å². The molecule has 0 spiro atoms. The third-order valence-electron chi connectivity index (χ3n) is 3.34. The highest BCUT2D eigenvalue weighted by Crippen LogP contribution is 2.23. The second-order valence-electron chi connectivity index (χ2n) is 6.30. The van der Waals surface area contributed by atoms with E-state index in [0.29, 0.717) is 25.3 Å². The van der Waals surface area contributed by atoms with E-state index in [4.69, 9.17) is 4.74 Å². The van der Waals surface area contributed by atoms with Crippen molar-refractivity contribution >= 4 is 11.8 Å². The van der Waals surface area contributed by atoms with Gasteiger partial charge in [-0.25, -0.2) is 9.18 Å². The molecule has 0 radical (unpaired) electrons. The Morgan fingerprint density at radius 1 is 1.43 bits per heavy atom. The zero-order valence-corrected chi connectivity index (χ0v) is 13.0. The van der Waals surface area contributed by atoms with Crippen molar-refractivity contribution in [1.82, 2.24) is 9.88 Å². The second kappa shape index (κ2) is 5.87. The van der Waals surface area contributed by atoms with Gasteiger partial charge in [-0.1, -0.05) is 0 Å². The number of hydrogen-bond acceptors (Lipinski definition) is 4. The predicted octanol–water partition coefficient (Wildman–Crippen LogP) is 2.67. The molecule has 1 fully saturated rings. The molecule has 2 heterocycles. The molecule has 0 N–H and O–H groups in total. The summed E-state index contributed by atoms with van der Waals surface area (Å²) in [4.78, 5) is 19.5. The number of halogens is 1. The number of amides is 1. The van der Waals surface area contributed by atoms with Gasteiger partial charge in [0.05, 0.1) is 11.9 Å². The van der Waals surface area contributed by atoms with E-state index >= 15 is 0 Å². The highest BCUT2D eigenvalue weighted by Gasteiger charge is 2.30. The maximum absolute atomic E-state index is 13.8. The quantitative estimate of drug-likeness (QED) is 0.799. The molecule has 0 aromatic carbocycles. The first-order valence-electron chi connectivity index (χ1n) is 7.12. The van der Waals surface area contributed by atoms with Crippen LogP contribution in [0.1, 0.15) is 27.7 Å². The molecule has 1 aliphatic heterocycles. The minimum absolute atomic E-state index is 0.0168. The number of carbonyl (C=O) groups excluding carboxylic acids is 1. The lowest BCUT2D eigenvalue weighted by molar-refractivity contribution is 0.0218. The molecular weight excluding hydrogens is 273 g/mol. The molecule has 21 heavy (non-hydrogen) atoms. The Bertz CT molecular complexity index is 516. The zero-order valence-electron chi connectivity index (χ0n) is 13.0. The standard InChI is InChI=1S/C15H22FN3O2/c1-11-10-18(14(20)21-15(2,3)4)7-8-19(11)13-5-6-17-9-12(13)16/h5-6,9,11H,7-8,10H2,1-4H3/t11-/m0/s1. The third kappa shape index (κ3) is 3.83. The lowest BCUT2D eigenvalue weighted by Gasteiger charge is -2.41. The van der Waals surface area contributed by atoms with Crippen LogP contribution in [0, 0.1) is 5.82 Å². The van der Waals surface area contributed by atoms with Crippen molar-refractivity contribution in [2.24, 2.45) is 0 Å². The first-order valence-corrected chi connectivity index (χ1v) is 7.12. The maximum Gasteiger partial charge on any atom is 0.410 e. The lowest BCUT2D eigenvalue weighted by atomic mass is 10.1. The number of carbonyl (C=O) groups is 1. The average Bonchev–Trinajstić information content (AvgIpc) is 2.38. The smallest absolute Gasteiger partial charge is 0.410 e. The van der Waals surface area contributed by atoms with Gasteiger partial charge in [-0.15, -0.1) is 0 Å². The minimum atomic E-state index is -0.505. The van der Waals surface area contributed by atoms with Gasteiger partial charge in [-0.3, -0.25) is 4.98 Å². The molecule has 116 valence electrons. The van der Waals surface area contributed by atoms with Crippen molar-refractivity contribution in [3.8, 4) is 0 Å². The molecule has 1 aromatic heterocycles. The van der Waals surface area contributed by atoms with Crippen molar-refractivity contribution in [3.63, 3.8) is 0 Å². The van der Waals surface area contributed by atoms with Crippen molar-refractivity contribution in [2.45, 2.75) is 39.3 Å². The van der Waals surface area contributed by atoms with E-state index in [1.165, 1.54) is 6.20 Å². The van der Waals surface area contributed by atoms with Crippen LogP contribution in [0.25, 0.3) is 0 Å². The molecule has 0 bridgehead atoms.